The molecule has 0 bridgehead atoms. The quantitative estimate of drug-likeness (QED) is 0.372. The third kappa shape index (κ3) is 5.10. The highest BCUT2D eigenvalue weighted by molar-refractivity contribution is 7.92. The number of rotatable bonds is 7. The highest BCUT2D eigenvalue weighted by Crippen LogP contribution is 2.28. The van der Waals surface area contributed by atoms with Gasteiger partial charge in [-0.05, 0) is 24.3 Å². The zero-order valence-corrected chi connectivity index (χ0v) is 17.5. The fourth-order valence-electron chi connectivity index (χ4n) is 2.59. The van der Waals surface area contributed by atoms with Crippen LogP contribution in [0.3, 0.4) is 0 Å². The van der Waals surface area contributed by atoms with Crippen LogP contribution in [0, 0.1) is 10.1 Å². The molecule has 0 radical (unpaired) electrons. The van der Waals surface area contributed by atoms with E-state index in [9.17, 15) is 23.3 Å². The molecule has 0 spiro atoms. The maximum absolute atomic E-state index is 12.5. The highest BCUT2D eigenvalue weighted by atomic mass is 32.2. The normalized spacial score (nSPS) is 11.0. The Morgan fingerprint density at radius 2 is 1.87 bits per heavy atom. The van der Waals surface area contributed by atoms with Gasteiger partial charge in [-0.25, -0.2) is 13.4 Å². The van der Waals surface area contributed by atoms with Gasteiger partial charge in [-0.15, -0.1) is 11.3 Å². The third-order valence-electron chi connectivity index (χ3n) is 3.93. The number of benzene rings is 2. The minimum atomic E-state index is -3.36. The molecule has 3 N–H and O–H groups in total. The van der Waals surface area contributed by atoms with Gasteiger partial charge in [0.2, 0.25) is 10.0 Å². The lowest BCUT2D eigenvalue weighted by molar-refractivity contribution is -0.384. The number of nitro groups is 1. The Morgan fingerprint density at radius 1 is 1.17 bits per heavy atom. The van der Waals surface area contributed by atoms with Gasteiger partial charge in [0.1, 0.15) is 5.69 Å². The number of carbonyl (C=O) groups excluding carboxylic acids is 1. The SMILES string of the molecule is CNc1ccc(C(=O)Nc2nc(-c3ccc(NS(C)(=O)=O)cc3)cs2)cc1[N+](=O)[O-]. The Hall–Kier alpha value is -3.51. The van der Waals surface area contributed by atoms with Crippen LogP contribution in [0.5, 0.6) is 0 Å². The van der Waals surface area contributed by atoms with Crippen LogP contribution in [-0.4, -0.2) is 37.5 Å². The van der Waals surface area contributed by atoms with Crippen molar-refractivity contribution in [3.8, 4) is 11.3 Å². The van der Waals surface area contributed by atoms with Crippen LogP contribution < -0.4 is 15.4 Å². The zero-order chi connectivity index (χ0) is 21.9. The molecule has 3 rings (SSSR count). The van der Waals surface area contributed by atoms with Crippen molar-refractivity contribution in [1.82, 2.24) is 4.98 Å². The summed E-state index contributed by atoms with van der Waals surface area (Å²) in [6.45, 7) is 0. The highest BCUT2D eigenvalue weighted by Gasteiger charge is 2.18. The van der Waals surface area contributed by atoms with E-state index in [0.29, 0.717) is 22.2 Å². The number of hydrogen-bond acceptors (Lipinski definition) is 8. The molecule has 12 heteroatoms. The number of aromatic nitrogens is 1. The molecule has 1 aromatic heterocycles. The average molecular weight is 447 g/mol. The maximum Gasteiger partial charge on any atom is 0.293 e. The topological polar surface area (TPSA) is 143 Å². The second-order valence-electron chi connectivity index (χ2n) is 6.18. The van der Waals surface area contributed by atoms with Crippen LogP contribution in [0.25, 0.3) is 11.3 Å². The number of hydrogen-bond donors (Lipinski definition) is 3. The summed E-state index contributed by atoms with van der Waals surface area (Å²) in [7, 11) is -1.80. The summed E-state index contributed by atoms with van der Waals surface area (Å²) >= 11 is 1.20. The number of nitro benzene ring substituents is 1. The summed E-state index contributed by atoms with van der Waals surface area (Å²) in [5.41, 5.74) is 2.00. The average Bonchev–Trinajstić information content (AvgIpc) is 3.15. The molecule has 10 nitrogen and oxygen atoms in total. The van der Waals surface area contributed by atoms with Crippen molar-refractivity contribution in [3.05, 3.63) is 63.5 Å². The molecule has 0 fully saturated rings. The monoisotopic (exact) mass is 447 g/mol. The summed E-state index contributed by atoms with van der Waals surface area (Å²) in [5, 5.41) is 18.6. The summed E-state index contributed by atoms with van der Waals surface area (Å²) in [6, 6.07) is 10.8. The van der Waals surface area contributed by atoms with Crippen molar-refractivity contribution in [3.63, 3.8) is 0 Å². The fraction of sp³-hybridized carbons (Fsp3) is 0.111. The lowest BCUT2D eigenvalue weighted by atomic mass is 10.1. The smallest absolute Gasteiger partial charge is 0.293 e. The lowest BCUT2D eigenvalue weighted by Crippen LogP contribution is -2.12. The molecule has 30 heavy (non-hydrogen) atoms. The van der Waals surface area contributed by atoms with Crippen LogP contribution in [0.4, 0.5) is 22.2 Å². The first-order chi connectivity index (χ1) is 14.2. The molecule has 0 aliphatic heterocycles. The van der Waals surface area contributed by atoms with Gasteiger partial charge >= 0.3 is 0 Å². The molecule has 0 aliphatic rings. The molecule has 156 valence electrons. The van der Waals surface area contributed by atoms with E-state index in [0.717, 1.165) is 11.8 Å². The van der Waals surface area contributed by atoms with E-state index in [2.05, 4.69) is 20.3 Å². The Balaban J connectivity index is 1.75. The third-order valence-corrected chi connectivity index (χ3v) is 5.30. The number of thiazole rings is 1. The summed E-state index contributed by atoms with van der Waals surface area (Å²) in [6.07, 6.45) is 1.07. The van der Waals surface area contributed by atoms with Crippen LogP contribution in [0.15, 0.2) is 47.8 Å². The summed E-state index contributed by atoms with van der Waals surface area (Å²) in [5.74, 6) is -0.519. The maximum atomic E-state index is 12.5. The molecule has 0 saturated heterocycles. The molecular formula is C18H17N5O5S2. The Morgan fingerprint density at radius 3 is 2.47 bits per heavy atom. The first-order valence-corrected chi connectivity index (χ1v) is 11.2. The van der Waals surface area contributed by atoms with E-state index < -0.39 is 20.9 Å². The van der Waals surface area contributed by atoms with Crippen LogP contribution in [-0.2, 0) is 10.0 Å². The molecule has 0 aliphatic carbocycles. The minimum absolute atomic E-state index is 0.133. The van der Waals surface area contributed by atoms with Crippen molar-refractivity contribution in [2.75, 3.05) is 28.7 Å². The lowest BCUT2D eigenvalue weighted by Gasteiger charge is -2.05. The number of nitrogens with zero attached hydrogens (tertiary/aromatic N) is 2. The van der Waals surface area contributed by atoms with E-state index >= 15 is 0 Å². The van der Waals surface area contributed by atoms with Crippen LogP contribution in [0.2, 0.25) is 0 Å². The predicted octanol–water partition coefficient (Wildman–Crippen LogP) is 3.38. The Bertz CT molecular complexity index is 1210. The van der Waals surface area contributed by atoms with Crippen LogP contribution in [0.1, 0.15) is 10.4 Å². The molecule has 0 unspecified atom stereocenters. The molecule has 2 aromatic carbocycles. The van der Waals surface area contributed by atoms with E-state index in [-0.39, 0.29) is 11.3 Å². The van der Waals surface area contributed by atoms with Crippen molar-refractivity contribution in [1.29, 1.82) is 0 Å². The van der Waals surface area contributed by atoms with Gasteiger partial charge in [0.05, 0.1) is 16.9 Å². The number of sulfonamides is 1. The van der Waals surface area contributed by atoms with E-state index in [1.807, 2.05) is 0 Å². The molecule has 0 saturated carbocycles. The number of carbonyl (C=O) groups is 1. The van der Waals surface area contributed by atoms with Gasteiger partial charge in [-0.1, -0.05) is 12.1 Å². The summed E-state index contributed by atoms with van der Waals surface area (Å²) < 4.78 is 24.9. The molecular weight excluding hydrogens is 430 g/mol. The van der Waals surface area contributed by atoms with Gasteiger partial charge in [0, 0.05) is 35.3 Å². The van der Waals surface area contributed by atoms with Gasteiger partial charge in [-0.2, -0.15) is 0 Å². The molecule has 1 heterocycles. The first kappa shape index (κ1) is 21.2. The van der Waals surface area contributed by atoms with Crippen molar-refractivity contribution in [2.24, 2.45) is 0 Å². The molecule has 3 aromatic rings. The van der Waals surface area contributed by atoms with E-state index in [4.69, 9.17) is 0 Å². The van der Waals surface area contributed by atoms with Gasteiger partial charge in [0.25, 0.3) is 11.6 Å². The standard InChI is InChI=1S/C18H17N5O5S2/c1-19-14-8-5-12(9-16(14)23(25)26)17(24)21-18-20-15(10-29-18)11-3-6-13(7-4-11)22-30(2,27)28/h3-10,19,22H,1-2H3,(H,20,21,24). The zero-order valence-electron chi connectivity index (χ0n) is 15.9. The first-order valence-electron chi connectivity index (χ1n) is 8.47. The second-order valence-corrected chi connectivity index (χ2v) is 8.79. The Labute approximate surface area is 176 Å². The second kappa shape index (κ2) is 8.47. The largest absolute Gasteiger partial charge is 0.383 e. The van der Waals surface area contributed by atoms with Crippen molar-refractivity contribution < 1.29 is 18.1 Å². The summed E-state index contributed by atoms with van der Waals surface area (Å²) in [4.78, 5) is 27.4. The van der Waals surface area contributed by atoms with Crippen LogP contribution >= 0.6 is 11.3 Å². The Kier molecular flexibility index (Phi) is 5.99. The fourth-order valence-corrected chi connectivity index (χ4v) is 3.87. The number of amides is 1. The predicted molar refractivity (Wildman–Crippen MR) is 117 cm³/mol. The molecule has 1 amide bonds. The van der Waals surface area contributed by atoms with Crippen molar-refractivity contribution in [2.45, 2.75) is 0 Å². The number of nitrogens with one attached hydrogen (secondary N) is 3. The van der Waals surface area contributed by atoms with E-state index in [1.54, 1.807) is 36.7 Å². The number of anilines is 3. The van der Waals surface area contributed by atoms with Gasteiger partial charge in [0.15, 0.2) is 5.13 Å². The molecule has 0 atom stereocenters. The minimum Gasteiger partial charge on any atom is -0.383 e. The van der Waals surface area contributed by atoms with Gasteiger partial charge in [-0.3, -0.25) is 24.9 Å². The van der Waals surface area contributed by atoms with Crippen molar-refractivity contribution >= 4 is 49.5 Å². The van der Waals surface area contributed by atoms with Gasteiger partial charge < -0.3 is 5.32 Å². The van der Waals surface area contributed by atoms with E-state index in [1.165, 1.54) is 29.5 Å².